The molecule has 0 aliphatic carbocycles. The van der Waals surface area contributed by atoms with Gasteiger partial charge in [-0.1, -0.05) is 17.7 Å². The van der Waals surface area contributed by atoms with Crippen LogP contribution in [-0.2, 0) is 9.59 Å². The number of carbonyl (C=O) groups is 4. The molecule has 0 bridgehead atoms. The summed E-state index contributed by atoms with van der Waals surface area (Å²) in [6.45, 7) is 15.8. The van der Waals surface area contributed by atoms with E-state index < -0.39 is 29.7 Å². The lowest BCUT2D eigenvalue weighted by Gasteiger charge is -2.52. The fraction of sp³-hybridized carbons (Fsp3) is 0.450. The first-order valence-electron chi connectivity index (χ1n) is 18.7. The number of nitrogens with zero attached hydrogens (tertiary/aromatic N) is 7. The summed E-state index contributed by atoms with van der Waals surface area (Å²) >= 11 is 6.37. The molecule has 14 heteroatoms. The van der Waals surface area contributed by atoms with Crippen LogP contribution in [0.15, 0.2) is 54.7 Å². The number of likely N-dealkylation sites (tertiary alicyclic amines) is 1. The van der Waals surface area contributed by atoms with Gasteiger partial charge in [0, 0.05) is 86.8 Å². The van der Waals surface area contributed by atoms with Crippen molar-refractivity contribution in [2.45, 2.75) is 63.3 Å². The lowest BCUT2D eigenvalue weighted by Crippen LogP contribution is -2.67. The number of aromatic nitrogens is 1. The molecule has 278 valence electrons. The summed E-state index contributed by atoms with van der Waals surface area (Å²) < 4.78 is 6.23. The van der Waals surface area contributed by atoms with Crippen molar-refractivity contribution < 1.29 is 23.9 Å². The maximum atomic E-state index is 13.2. The summed E-state index contributed by atoms with van der Waals surface area (Å²) in [7, 11) is 0. The minimum absolute atomic E-state index is 0.0777. The van der Waals surface area contributed by atoms with E-state index in [1.807, 2.05) is 36.5 Å². The van der Waals surface area contributed by atoms with Crippen LogP contribution < -0.4 is 24.8 Å². The van der Waals surface area contributed by atoms with E-state index in [0.29, 0.717) is 39.8 Å². The third kappa shape index (κ3) is 6.01. The number of hydrogen-bond acceptors (Lipinski definition) is 10. The summed E-state index contributed by atoms with van der Waals surface area (Å²) in [6.07, 6.45) is 5.61. The van der Waals surface area contributed by atoms with Crippen LogP contribution in [0.3, 0.4) is 0 Å². The zero-order chi connectivity index (χ0) is 37.3. The topological polar surface area (TPSA) is 123 Å². The minimum Gasteiger partial charge on any atom is -0.472 e. The molecule has 3 aromatic rings. The van der Waals surface area contributed by atoms with E-state index in [-0.39, 0.29) is 24.4 Å². The molecular formula is C40H41ClN8O5. The number of hydrogen-bond donors (Lipinski definition) is 1. The zero-order valence-electron chi connectivity index (χ0n) is 30.0. The van der Waals surface area contributed by atoms with Gasteiger partial charge in [0.05, 0.1) is 29.6 Å². The molecule has 0 radical (unpaired) electrons. The number of anilines is 3. The van der Waals surface area contributed by atoms with Gasteiger partial charge in [0.25, 0.3) is 11.8 Å². The number of amides is 4. The highest BCUT2D eigenvalue weighted by Crippen LogP contribution is 2.46. The summed E-state index contributed by atoms with van der Waals surface area (Å²) in [5.74, 6) is -1.34. The molecule has 4 amide bonds. The highest BCUT2D eigenvalue weighted by atomic mass is 35.5. The Balaban J connectivity index is 0.729. The zero-order valence-corrected chi connectivity index (χ0v) is 30.8. The number of pyridine rings is 1. The molecule has 7 heterocycles. The van der Waals surface area contributed by atoms with Crippen LogP contribution in [0.5, 0.6) is 5.88 Å². The van der Waals surface area contributed by atoms with Gasteiger partial charge in [-0.25, -0.2) is 9.83 Å². The van der Waals surface area contributed by atoms with Crippen LogP contribution in [0.4, 0.5) is 22.7 Å². The smallest absolute Gasteiger partial charge is 0.262 e. The van der Waals surface area contributed by atoms with E-state index >= 15 is 0 Å². The maximum Gasteiger partial charge on any atom is 0.262 e. The number of imide groups is 2. The number of ether oxygens (including phenoxy) is 1. The predicted molar refractivity (Wildman–Crippen MR) is 202 cm³/mol. The van der Waals surface area contributed by atoms with Gasteiger partial charge in [-0.05, 0) is 74.4 Å². The second-order valence-corrected chi connectivity index (χ2v) is 16.1. The number of nitrogens with one attached hydrogen (secondary N) is 1. The van der Waals surface area contributed by atoms with Crippen LogP contribution >= 0.6 is 11.6 Å². The van der Waals surface area contributed by atoms with Crippen LogP contribution in [0.1, 0.15) is 59.7 Å². The molecule has 5 fully saturated rings. The van der Waals surface area contributed by atoms with Crippen molar-refractivity contribution in [3.63, 3.8) is 0 Å². The van der Waals surface area contributed by atoms with E-state index in [0.717, 1.165) is 87.0 Å². The SMILES string of the molecule is [C-]#[N+]c1ccc(N2CC3(CCN(c4ccc(OC5CN(C6CN(c7ccc8c(c7)C(=O)N(C7CCC(=O)NC7=O)C8=O)C6)C5)nc4)CC3)C[C@@H]2C)cc1Cl. The molecule has 6 aliphatic rings. The molecule has 5 saturated heterocycles. The first-order valence-corrected chi connectivity index (χ1v) is 19.1. The molecule has 1 spiro atoms. The standard InChI is InChI=1S/C40H41ClN8O5/c1-24-17-40(23-48(24)26-4-7-33(42-2)32(41)16-26)11-13-45(14-12-40)27-5-10-36(43-18-27)54-29-21-47(22-29)28-19-46(20-28)25-3-6-30-31(15-25)39(53)49(38(30)52)34-8-9-35(50)44-37(34)51/h3-7,10,15-16,18,24,28-29,34H,8-9,11-14,17,19-23H2,1H3,(H,44,50,51)/t24-,34?/m0/s1. The first-order chi connectivity index (χ1) is 26.1. The van der Waals surface area contributed by atoms with E-state index in [1.54, 1.807) is 12.1 Å². The van der Waals surface area contributed by atoms with Gasteiger partial charge in [0.2, 0.25) is 23.4 Å². The Hall–Kier alpha value is -5.19. The van der Waals surface area contributed by atoms with Crippen molar-refractivity contribution in [3.05, 3.63) is 82.3 Å². The minimum atomic E-state index is -0.970. The maximum absolute atomic E-state index is 13.2. The highest BCUT2D eigenvalue weighted by molar-refractivity contribution is 6.33. The van der Waals surface area contributed by atoms with Crippen LogP contribution in [0.2, 0.25) is 5.02 Å². The average Bonchev–Trinajstić information content (AvgIpc) is 3.58. The molecule has 54 heavy (non-hydrogen) atoms. The van der Waals surface area contributed by atoms with Crippen molar-refractivity contribution in [1.29, 1.82) is 0 Å². The van der Waals surface area contributed by atoms with Crippen molar-refractivity contribution in [2.75, 3.05) is 60.5 Å². The fourth-order valence-corrected chi connectivity index (χ4v) is 9.44. The van der Waals surface area contributed by atoms with E-state index in [4.69, 9.17) is 22.9 Å². The number of piperidine rings is 2. The molecule has 2 aromatic carbocycles. The van der Waals surface area contributed by atoms with Gasteiger partial charge in [-0.3, -0.25) is 34.3 Å². The van der Waals surface area contributed by atoms with Gasteiger partial charge in [0.1, 0.15) is 12.1 Å². The number of benzene rings is 2. The van der Waals surface area contributed by atoms with E-state index in [2.05, 4.69) is 47.7 Å². The monoisotopic (exact) mass is 748 g/mol. The summed E-state index contributed by atoms with van der Waals surface area (Å²) in [6, 6.07) is 15.0. The quantitative estimate of drug-likeness (QED) is 0.273. The molecule has 6 aliphatic heterocycles. The molecule has 2 atom stereocenters. The van der Waals surface area contributed by atoms with Gasteiger partial charge >= 0.3 is 0 Å². The highest BCUT2D eigenvalue weighted by Gasteiger charge is 2.47. The van der Waals surface area contributed by atoms with Crippen molar-refractivity contribution >= 4 is 58.0 Å². The van der Waals surface area contributed by atoms with Crippen LogP contribution in [0.25, 0.3) is 4.85 Å². The van der Waals surface area contributed by atoms with Crippen molar-refractivity contribution in [2.24, 2.45) is 5.41 Å². The second kappa shape index (κ2) is 13.3. The Bertz CT molecular complexity index is 2080. The number of halogens is 1. The summed E-state index contributed by atoms with van der Waals surface area (Å²) in [5, 5.41) is 2.75. The van der Waals surface area contributed by atoms with Crippen LogP contribution in [0, 0.1) is 12.0 Å². The second-order valence-electron chi connectivity index (χ2n) is 15.7. The molecule has 1 N–H and O–H groups in total. The molecule has 1 unspecified atom stereocenters. The Morgan fingerprint density at radius 1 is 0.907 bits per heavy atom. The summed E-state index contributed by atoms with van der Waals surface area (Å²) in [4.78, 5) is 68.9. The Morgan fingerprint density at radius 2 is 1.65 bits per heavy atom. The van der Waals surface area contributed by atoms with Gasteiger partial charge < -0.3 is 19.4 Å². The Labute approximate surface area is 318 Å². The molecule has 13 nitrogen and oxygen atoms in total. The molecule has 9 rings (SSSR count). The van der Waals surface area contributed by atoms with E-state index in [9.17, 15) is 19.2 Å². The normalized spacial score (nSPS) is 24.4. The lowest BCUT2D eigenvalue weighted by atomic mass is 9.76. The molecule has 0 saturated carbocycles. The number of rotatable bonds is 7. The third-order valence-corrected chi connectivity index (χ3v) is 12.7. The Morgan fingerprint density at radius 3 is 2.35 bits per heavy atom. The van der Waals surface area contributed by atoms with Crippen molar-refractivity contribution in [1.82, 2.24) is 20.1 Å². The van der Waals surface area contributed by atoms with Crippen molar-refractivity contribution in [3.8, 4) is 5.88 Å². The number of carbonyl (C=O) groups excluding carboxylic acids is 4. The predicted octanol–water partition coefficient (Wildman–Crippen LogP) is 4.52. The average molecular weight is 749 g/mol. The lowest BCUT2D eigenvalue weighted by molar-refractivity contribution is -0.136. The summed E-state index contributed by atoms with van der Waals surface area (Å²) in [5.41, 5.74) is 4.44. The fourth-order valence-electron chi connectivity index (χ4n) is 9.23. The molecular weight excluding hydrogens is 708 g/mol. The third-order valence-electron chi connectivity index (χ3n) is 12.4. The largest absolute Gasteiger partial charge is 0.472 e. The van der Waals surface area contributed by atoms with Crippen LogP contribution in [-0.4, -0.2) is 108 Å². The van der Waals surface area contributed by atoms with Gasteiger partial charge in [-0.15, -0.1) is 0 Å². The van der Waals surface area contributed by atoms with Gasteiger partial charge in [-0.2, -0.15) is 0 Å². The number of fused-ring (bicyclic) bond motifs is 1. The van der Waals surface area contributed by atoms with Gasteiger partial charge in [0.15, 0.2) is 0 Å². The Kier molecular flexibility index (Phi) is 8.50. The van der Waals surface area contributed by atoms with E-state index in [1.165, 1.54) is 0 Å². The molecule has 1 aromatic heterocycles. The first kappa shape index (κ1) is 34.6.